The number of unbranched alkanes of at least 4 members (excludes halogenated alkanes) is 3. The third kappa shape index (κ3) is 7.27. The van der Waals surface area contributed by atoms with E-state index >= 15 is 0 Å². The predicted molar refractivity (Wildman–Crippen MR) is 164 cm³/mol. The molecule has 0 spiro atoms. The van der Waals surface area contributed by atoms with Crippen LogP contribution in [-0.2, 0) is 6.42 Å². The second kappa shape index (κ2) is 13.4. The molecule has 0 aliphatic heterocycles. The molecule has 36 heavy (non-hydrogen) atoms. The third-order valence-electron chi connectivity index (χ3n) is 8.20. The number of benzene rings is 1. The van der Waals surface area contributed by atoms with Crippen LogP contribution in [-0.4, -0.2) is 48.9 Å². The van der Waals surface area contributed by atoms with E-state index in [0.717, 1.165) is 30.4 Å². The van der Waals surface area contributed by atoms with E-state index in [1.807, 2.05) is 0 Å². The quantitative estimate of drug-likeness (QED) is 0.231. The molecule has 2 N–H and O–H groups in total. The molecule has 0 aromatic heterocycles. The third-order valence-corrected chi connectivity index (χ3v) is 23.4. The molecular weight excluding hydrogens is 563 g/mol. The molecule has 2 aliphatic carbocycles. The molecule has 2 aliphatic rings. The van der Waals surface area contributed by atoms with Crippen molar-refractivity contribution in [1.82, 2.24) is 0 Å². The van der Waals surface area contributed by atoms with Gasteiger partial charge >= 0.3 is 228 Å². The van der Waals surface area contributed by atoms with E-state index in [1.54, 1.807) is 0 Å². The molecule has 0 bridgehead atoms. The monoisotopic (exact) mass is 616 g/mol. The average molecular weight is 616 g/mol. The SMILES string of the molecule is CCC[CH2][Sn](/[CH]=C/c1cccc2c1C1=C(CCC2)[C@H](O)[C@H](O)/C1=C\[Si](C)(C)C)([CH2]CCC)[CH2]CCC. The number of fused-ring (bicyclic) bond motifs is 2. The number of hydrogen-bond donors (Lipinski definition) is 2. The first-order valence-electron chi connectivity index (χ1n) is 14.8. The van der Waals surface area contributed by atoms with Gasteiger partial charge < -0.3 is 0 Å². The summed E-state index contributed by atoms with van der Waals surface area (Å²) in [5.41, 5.74) is 9.61. The number of rotatable bonds is 12. The van der Waals surface area contributed by atoms with Gasteiger partial charge in [0.25, 0.3) is 0 Å². The van der Waals surface area contributed by atoms with Gasteiger partial charge in [0.05, 0.1) is 0 Å². The Morgan fingerprint density at radius 2 is 1.50 bits per heavy atom. The Morgan fingerprint density at radius 1 is 0.889 bits per heavy atom. The van der Waals surface area contributed by atoms with E-state index in [0.29, 0.717) is 0 Å². The summed E-state index contributed by atoms with van der Waals surface area (Å²) >= 11 is -2.43. The van der Waals surface area contributed by atoms with Crippen LogP contribution in [0.4, 0.5) is 0 Å². The van der Waals surface area contributed by atoms with Gasteiger partial charge in [-0.1, -0.05) is 0 Å². The molecule has 1 aromatic carbocycles. The Bertz CT molecular complexity index is 947. The van der Waals surface area contributed by atoms with Gasteiger partial charge in [0.1, 0.15) is 0 Å². The minimum atomic E-state index is -2.43. The first-order chi connectivity index (χ1) is 17.2. The molecule has 0 amide bonds. The first-order valence-corrected chi connectivity index (χ1v) is 26.1. The van der Waals surface area contributed by atoms with E-state index in [4.69, 9.17) is 0 Å². The van der Waals surface area contributed by atoms with Gasteiger partial charge in [-0.05, 0) is 0 Å². The van der Waals surface area contributed by atoms with Crippen LogP contribution >= 0.6 is 0 Å². The maximum atomic E-state index is 11.2. The maximum absolute atomic E-state index is 11.2. The van der Waals surface area contributed by atoms with E-state index < -0.39 is 38.7 Å². The molecule has 2 atom stereocenters. The van der Waals surface area contributed by atoms with Crippen molar-refractivity contribution in [1.29, 1.82) is 0 Å². The van der Waals surface area contributed by atoms with Crippen LogP contribution in [0.3, 0.4) is 0 Å². The molecule has 0 radical (unpaired) electrons. The second-order valence-electron chi connectivity index (χ2n) is 12.5. The molecule has 200 valence electrons. The van der Waals surface area contributed by atoms with Crippen LogP contribution in [0.25, 0.3) is 11.6 Å². The zero-order chi connectivity index (χ0) is 26.3. The van der Waals surface area contributed by atoms with Crippen molar-refractivity contribution in [3.8, 4) is 0 Å². The molecular formula is C32H52O2SiSn. The van der Waals surface area contributed by atoms with Gasteiger partial charge in [-0.25, -0.2) is 0 Å². The van der Waals surface area contributed by atoms with Crippen molar-refractivity contribution >= 4 is 38.1 Å². The number of aliphatic hydroxyl groups is 2. The van der Waals surface area contributed by atoms with Crippen molar-refractivity contribution in [2.45, 2.75) is 124 Å². The van der Waals surface area contributed by atoms with Crippen LogP contribution in [0.2, 0.25) is 33.0 Å². The first kappa shape index (κ1) is 29.9. The van der Waals surface area contributed by atoms with Crippen LogP contribution < -0.4 is 0 Å². The summed E-state index contributed by atoms with van der Waals surface area (Å²) < 4.78 is 7.20. The van der Waals surface area contributed by atoms with Crippen LogP contribution in [0.1, 0.15) is 88.8 Å². The summed E-state index contributed by atoms with van der Waals surface area (Å²) in [6.45, 7) is 14.0. The van der Waals surface area contributed by atoms with E-state index in [-0.39, 0.29) is 0 Å². The van der Waals surface area contributed by atoms with Crippen molar-refractivity contribution in [2.24, 2.45) is 0 Å². The minimum absolute atomic E-state index is 0.762. The fourth-order valence-corrected chi connectivity index (χ4v) is 21.7. The van der Waals surface area contributed by atoms with E-state index in [2.05, 4.69) is 74.5 Å². The van der Waals surface area contributed by atoms with E-state index in [1.165, 1.54) is 74.1 Å². The molecule has 3 rings (SSSR count). The molecule has 4 heteroatoms. The van der Waals surface area contributed by atoms with Crippen molar-refractivity contribution in [3.63, 3.8) is 0 Å². The summed E-state index contributed by atoms with van der Waals surface area (Å²) in [4.78, 5) is 0. The molecule has 0 fully saturated rings. The Labute approximate surface area is 226 Å². The zero-order valence-electron chi connectivity index (χ0n) is 24.0. The van der Waals surface area contributed by atoms with Crippen LogP contribution in [0.15, 0.2) is 39.1 Å². The van der Waals surface area contributed by atoms with Gasteiger partial charge in [0.15, 0.2) is 0 Å². The second-order valence-corrected chi connectivity index (χ2v) is 30.5. The fourth-order valence-electron chi connectivity index (χ4n) is 6.26. The number of aliphatic hydroxyl groups excluding tert-OH is 2. The molecule has 0 unspecified atom stereocenters. The summed E-state index contributed by atoms with van der Waals surface area (Å²) in [7, 11) is -1.59. The normalized spacial score (nSPS) is 21.8. The Kier molecular flexibility index (Phi) is 11.2. The van der Waals surface area contributed by atoms with Crippen molar-refractivity contribution in [3.05, 3.63) is 55.8 Å². The molecule has 2 nitrogen and oxygen atoms in total. The summed E-state index contributed by atoms with van der Waals surface area (Å²) in [5, 5.41) is 22.3. The fraction of sp³-hybridized carbons (Fsp3) is 0.625. The van der Waals surface area contributed by atoms with Gasteiger partial charge in [0, 0.05) is 0 Å². The van der Waals surface area contributed by atoms with Crippen molar-refractivity contribution in [2.75, 3.05) is 0 Å². The molecule has 0 saturated heterocycles. The summed E-state index contributed by atoms with van der Waals surface area (Å²) in [6.07, 6.45) is 11.9. The molecule has 0 saturated carbocycles. The number of hydrogen-bond acceptors (Lipinski definition) is 2. The summed E-state index contributed by atoms with van der Waals surface area (Å²) in [5.74, 6) is 0. The number of aryl methyl sites for hydroxylation is 1. The van der Waals surface area contributed by atoms with Gasteiger partial charge in [-0.2, -0.15) is 0 Å². The predicted octanol–water partition coefficient (Wildman–Crippen LogP) is 8.72. The average Bonchev–Trinajstić information content (AvgIpc) is 2.98. The van der Waals surface area contributed by atoms with Crippen molar-refractivity contribution < 1.29 is 10.2 Å². The zero-order valence-corrected chi connectivity index (χ0v) is 27.9. The summed E-state index contributed by atoms with van der Waals surface area (Å²) in [6, 6.07) is 6.81. The Balaban J connectivity index is 2.15. The van der Waals surface area contributed by atoms with Crippen LogP contribution in [0, 0.1) is 0 Å². The Hall–Kier alpha value is -0.624. The van der Waals surface area contributed by atoms with Gasteiger partial charge in [-0.3, -0.25) is 0 Å². The molecule has 1 aromatic rings. The van der Waals surface area contributed by atoms with Gasteiger partial charge in [0.2, 0.25) is 0 Å². The van der Waals surface area contributed by atoms with Gasteiger partial charge in [-0.15, -0.1) is 0 Å². The Morgan fingerprint density at radius 3 is 2.06 bits per heavy atom. The van der Waals surface area contributed by atoms with E-state index in [9.17, 15) is 10.2 Å². The van der Waals surface area contributed by atoms with Crippen LogP contribution in [0.5, 0.6) is 0 Å². The molecule has 0 heterocycles. The standard InChI is InChI=1S/C20H25O2Si.3C4H9.Sn/c1-5-13-8-6-9-14-10-7-11-15-18(17(13)14)16(12-23(2,3)4)20(22)19(15)21;3*1-3-4-2;/h1,5-6,8-9,12,19-22H,7,10-11H2,2-4H3;3*1,3-4H2,2H3;/b5-1?,16-12-;;;;/t19-,20+;;;;/m0..../s1. The topological polar surface area (TPSA) is 40.5 Å².